The van der Waals surface area contributed by atoms with E-state index >= 15 is 0 Å². The molecule has 1 atom stereocenters. The quantitative estimate of drug-likeness (QED) is 0.195. The molecule has 14 heteroatoms. The first kappa shape index (κ1) is 25.5. The first-order valence-electron chi connectivity index (χ1n) is 9.33. The maximum absolute atomic E-state index is 12.3. The maximum Gasteiger partial charge on any atom is 0.326 e. The van der Waals surface area contributed by atoms with Gasteiger partial charge in [0.2, 0.25) is 5.95 Å². The van der Waals surface area contributed by atoms with Crippen LogP contribution in [0.2, 0.25) is 0 Å². The fourth-order valence-electron chi connectivity index (χ4n) is 2.75. The molecule has 0 unspecified atom stereocenters. The van der Waals surface area contributed by atoms with Crippen LogP contribution in [0.1, 0.15) is 28.9 Å². The number of nitrogen functional groups attached to an aromatic ring is 1. The summed E-state index contributed by atoms with van der Waals surface area (Å²) in [5, 5.41) is 23.2. The average molecular weight is 549 g/mol. The minimum Gasteiger partial charge on any atom is -0.481 e. The zero-order chi connectivity index (χ0) is 23.3. The van der Waals surface area contributed by atoms with Crippen LogP contribution in [-0.4, -0.2) is 54.0 Å². The number of nitrogens with zero attached hydrogens (tertiary/aromatic N) is 3. The Morgan fingerprint density at radius 1 is 1.12 bits per heavy atom. The van der Waals surface area contributed by atoms with Crippen LogP contribution in [0.3, 0.4) is 0 Å². The normalized spacial score (nSPS) is 11.3. The summed E-state index contributed by atoms with van der Waals surface area (Å²) in [6, 6.07) is 4.86. The van der Waals surface area contributed by atoms with Crippen LogP contribution in [0.5, 0.6) is 0 Å². The van der Waals surface area contributed by atoms with E-state index in [2.05, 4.69) is 30.6 Å². The van der Waals surface area contributed by atoms with Crippen molar-refractivity contribution in [1.29, 1.82) is 0 Å². The molecule has 3 rings (SSSR count). The summed E-state index contributed by atoms with van der Waals surface area (Å²) >= 11 is 0. The summed E-state index contributed by atoms with van der Waals surface area (Å²) < 4.78 is 0. The first-order chi connectivity index (χ1) is 15.2. The van der Waals surface area contributed by atoms with Gasteiger partial charge < -0.3 is 26.6 Å². The third-order valence-corrected chi connectivity index (χ3v) is 4.36. The Morgan fingerprint density at radius 3 is 2.45 bits per heavy atom. The number of rotatable bonds is 9. The number of amides is 1. The van der Waals surface area contributed by atoms with Gasteiger partial charge in [0.05, 0.1) is 18.4 Å². The number of H-pyrrole nitrogens is 1. The molecule has 0 fully saturated rings. The number of carbonyl (C=O) groups is 3. The third-order valence-electron chi connectivity index (χ3n) is 4.36. The monoisotopic (exact) mass is 548 g/mol. The molecule has 0 aliphatic rings. The molecule has 1 radical (unpaired) electrons. The Balaban J connectivity index is 0.00000385. The SMILES string of the molecule is Nc1nc2ncc(CNc3ccc(C(=O)N[C@@H](CCC(=O)O)C(=O)O)cc3)nc2c(=O)[nH]1.[Ag]. The Labute approximate surface area is 201 Å². The summed E-state index contributed by atoms with van der Waals surface area (Å²) in [7, 11) is 0. The molecule has 0 saturated carbocycles. The number of aromatic amines is 1. The molecule has 1 aromatic carbocycles. The Bertz CT molecular complexity index is 1230. The Kier molecular flexibility index (Phi) is 8.62. The number of aliphatic carboxylic acids is 2. The van der Waals surface area contributed by atoms with E-state index in [4.69, 9.17) is 15.9 Å². The summed E-state index contributed by atoms with van der Waals surface area (Å²) in [6.45, 7) is 0.231. The van der Waals surface area contributed by atoms with Crippen molar-refractivity contribution in [3.63, 3.8) is 0 Å². The molecule has 0 aliphatic carbocycles. The number of nitrogens with one attached hydrogen (secondary N) is 3. The largest absolute Gasteiger partial charge is 0.481 e. The number of aromatic nitrogens is 4. The van der Waals surface area contributed by atoms with Gasteiger partial charge >= 0.3 is 11.9 Å². The second-order valence-corrected chi connectivity index (χ2v) is 6.71. The van der Waals surface area contributed by atoms with Gasteiger partial charge in [0.1, 0.15) is 6.04 Å². The van der Waals surface area contributed by atoms with Gasteiger partial charge in [-0.1, -0.05) is 0 Å². The van der Waals surface area contributed by atoms with E-state index in [9.17, 15) is 19.2 Å². The van der Waals surface area contributed by atoms with Crippen molar-refractivity contribution in [3.05, 3.63) is 52.1 Å². The molecule has 3 aromatic rings. The van der Waals surface area contributed by atoms with Crippen molar-refractivity contribution < 1.29 is 47.0 Å². The standard InChI is InChI=1S/C19H19N7O6.Ag/c20-19-25-15-14(17(30)26-19)23-11(8-22-15)7-21-10-3-1-9(2-4-10)16(29)24-12(18(31)32)5-6-13(27)28;/h1-4,8,12,21H,5-7H2,(H,24,29)(H,27,28)(H,31,32)(H3,20,22,25,26,30);/t12-;/m0./s1. The molecule has 0 spiro atoms. The number of carboxylic acids is 2. The number of carboxylic acid groups (broad SMARTS) is 2. The molecule has 0 saturated heterocycles. The van der Waals surface area contributed by atoms with E-state index in [-0.39, 0.29) is 64.4 Å². The van der Waals surface area contributed by atoms with Crippen molar-refractivity contribution in [3.8, 4) is 0 Å². The van der Waals surface area contributed by atoms with Gasteiger partial charge in [0, 0.05) is 40.1 Å². The van der Waals surface area contributed by atoms with Crippen LogP contribution in [0.25, 0.3) is 11.2 Å². The molecule has 33 heavy (non-hydrogen) atoms. The summed E-state index contributed by atoms with van der Waals surface area (Å²) in [6.07, 6.45) is 0.840. The number of anilines is 2. The number of nitrogens with two attached hydrogens (primary N) is 1. The summed E-state index contributed by atoms with van der Waals surface area (Å²) in [5.41, 5.74) is 6.47. The van der Waals surface area contributed by atoms with Gasteiger partial charge in [-0.25, -0.2) is 14.8 Å². The molecule has 0 aliphatic heterocycles. The molecule has 2 heterocycles. The average Bonchev–Trinajstić information content (AvgIpc) is 2.75. The van der Waals surface area contributed by atoms with Crippen molar-refractivity contribution in [2.75, 3.05) is 11.1 Å². The van der Waals surface area contributed by atoms with Crippen LogP contribution in [-0.2, 0) is 38.5 Å². The second-order valence-electron chi connectivity index (χ2n) is 6.71. The number of hydrogen-bond donors (Lipinski definition) is 6. The van der Waals surface area contributed by atoms with Crippen molar-refractivity contribution in [2.45, 2.75) is 25.4 Å². The molecular weight excluding hydrogens is 530 g/mol. The van der Waals surface area contributed by atoms with E-state index in [1.807, 2.05) is 0 Å². The van der Waals surface area contributed by atoms with E-state index in [0.717, 1.165) is 0 Å². The molecule has 0 bridgehead atoms. The molecular formula is C19H19AgN7O6. The predicted molar refractivity (Wildman–Crippen MR) is 112 cm³/mol. The first-order valence-corrected chi connectivity index (χ1v) is 9.33. The Hall–Kier alpha value is -3.81. The Morgan fingerprint density at radius 2 is 1.82 bits per heavy atom. The minimum atomic E-state index is -1.31. The fourth-order valence-corrected chi connectivity index (χ4v) is 2.75. The van der Waals surface area contributed by atoms with Crippen LogP contribution in [0.4, 0.5) is 11.6 Å². The maximum atomic E-state index is 12.3. The van der Waals surface area contributed by atoms with E-state index < -0.39 is 29.4 Å². The third kappa shape index (κ3) is 6.83. The van der Waals surface area contributed by atoms with E-state index in [1.54, 1.807) is 12.1 Å². The summed E-state index contributed by atoms with van der Waals surface area (Å²) in [4.78, 5) is 60.6. The minimum absolute atomic E-state index is 0. The van der Waals surface area contributed by atoms with Crippen molar-refractivity contribution in [1.82, 2.24) is 25.3 Å². The van der Waals surface area contributed by atoms with Gasteiger partial charge in [-0.2, -0.15) is 4.98 Å². The number of hydrogen-bond acceptors (Lipinski definition) is 9. The topological polar surface area (TPSA) is 213 Å². The molecule has 13 nitrogen and oxygen atoms in total. The van der Waals surface area contributed by atoms with Gasteiger partial charge in [0.25, 0.3) is 11.5 Å². The molecule has 177 valence electrons. The number of carbonyl (C=O) groups excluding carboxylic acids is 1. The van der Waals surface area contributed by atoms with E-state index in [1.165, 1.54) is 18.3 Å². The second kappa shape index (κ2) is 11.2. The predicted octanol–water partition coefficient (Wildman–Crippen LogP) is -0.0473. The van der Waals surface area contributed by atoms with Crippen LogP contribution >= 0.6 is 0 Å². The number of fused-ring (bicyclic) bond motifs is 1. The van der Waals surface area contributed by atoms with Crippen LogP contribution in [0, 0.1) is 0 Å². The van der Waals surface area contributed by atoms with Crippen molar-refractivity contribution >= 4 is 40.6 Å². The van der Waals surface area contributed by atoms with Gasteiger partial charge in [-0.15, -0.1) is 0 Å². The van der Waals surface area contributed by atoms with Gasteiger partial charge in [-0.05, 0) is 30.7 Å². The van der Waals surface area contributed by atoms with Gasteiger partial charge in [0.15, 0.2) is 11.2 Å². The molecule has 1 amide bonds. The zero-order valence-electron chi connectivity index (χ0n) is 16.8. The zero-order valence-corrected chi connectivity index (χ0v) is 18.3. The van der Waals surface area contributed by atoms with Crippen LogP contribution < -0.4 is 21.9 Å². The smallest absolute Gasteiger partial charge is 0.326 e. The summed E-state index contributed by atoms with van der Waals surface area (Å²) in [5.74, 6) is -3.16. The van der Waals surface area contributed by atoms with Crippen LogP contribution in [0.15, 0.2) is 35.3 Å². The van der Waals surface area contributed by atoms with Crippen molar-refractivity contribution in [2.24, 2.45) is 0 Å². The fraction of sp³-hybridized carbons (Fsp3) is 0.211. The number of benzene rings is 1. The molecule has 7 N–H and O–H groups in total. The molecule has 2 aromatic heterocycles. The van der Waals surface area contributed by atoms with Gasteiger partial charge in [-0.3, -0.25) is 19.4 Å². The van der Waals surface area contributed by atoms with E-state index in [0.29, 0.717) is 11.4 Å².